The molecule has 0 amide bonds. The maximum absolute atomic E-state index is 9.70. The highest BCUT2D eigenvalue weighted by Crippen LogP contribution is 2.37. The van der Waals surface area contributed by atoms with Gasteiger partial charge in [-0.15, -0.1) is 0 Å². The first-order valence-electron chi connectivity index (χ1n) is 11.3. The van der Waals surface area contributed by atoms with Crippen molar-refractivity contribution in [3.8, 4) is 22.8 Å². The van der Waals surface area contributed by atoms with Crippen LogP contribution in [0.4, 0.5) is 11.6 Å². The number of fused-ring (bicyclic) bond motifs is 2. The summed E-state index contributed by atoms with van der Waals surface area (Å²) in [6.07, 6.45) is 9.52. The molecule has 2 aromatic carbocycles. The second kappa shape index (κ2) is 8.12. The van der Waals surface area contributed by atoms with E-state index in [-0.39, 0.29) is 11.9 Å². The van der Waals surface area contributed by atoms with Crippen LogP contribution in [-0.2, 0) is 0 Å². The summed E-state index contributed by atoms with van der Waals surface area (Å²) in [6, 6.07) is 13.1. The van der Waals surface area contributed by atoms with E-state index in [1.54, 1.807) is 18.3 Å². The number of H-pyrrole nitrogens is 2. The van der Waals surface area contributed by atoms with Crippen molar-refractivity contribution in [2.45, 2.75) is 38.2 Å². The Morgan fingerprint density at radius 2 is 1.85 bits per heavy atom. The number of phenolic OH excluding ortho intramolecular Hbond substituents is 1. The van der Waals surface area contributed by atoms with E-state index in [9.17, 15) is 5.11 Å². The Balaban J connectivity index is 1.42. The lowest BCUT2D eigenvalue weighted by molar-refractivity contribution is 0.151. The molecule has 0 spiro atoms. The van der Waals surface area contributed by atoms with E-state index in [0.717, 1.165) is 45.9 Å². The Morgan fingerprint density at radius 1 is 1.00 bits per heavy atom. The average Bonchev–Trinajstić information content (AvgIpc) is 3.47. The molecule has 1 saturated carbocycles. The fraction of sp³-hybridized carbons (Fsp3) is 0.240. The van der Waals surface area contributed by atoms with Crippen molar-refractivity contribution in [3.05, 3.63) is 54.9 Å². The van der Waals surface area contributed by atoms with Crippen LogP contribution in [0.25, 0.3) is 33.1 Å². The number of aromatic nitrogens is 5. The summed E-state index contributed by atoms with van der Waals surface area (Å²) in [5.41, 5.74) is 4.45. The van der Waals surface area contributed by atoms with Crippen LogP contribution in [0.3, 0.4) is 0 Å². The van der Waals surface area contributed by atoms with Crippen LogP contribution < -0.4 is 10.1 Å². The summed E-state index contributed by atoms with van der Waals surface area (Å²) in [7, 11) is 0. The summed E-state index contributed by atoms with van der Waals surface area (Å²) < 4.78 is 6.47. The zero-order valence-corrected chi connectivity index (χ0v) is 18.0. The minimum absolute atomic E-state index is 0.148. The number of nitrogens with zero attached hydrogens (tertiary/aromatic N) is 3. The molecule has 6 rings (SSSR count). The lowest BCUT2D eigenvalue weighted by atomic mass is 9.98. The molecule has 33 heavy (non-hydrogen) atoms. The summed E-state index contributed by atoms with van der Waals surface area (Å²) in [5, 5.41) is 21.9. The molecule has 0 saturated heterocycles. The molecule has 0 bridgehead atoms. The maximum Gasteiger partial charge on any atom is 0.232 e. The van der Waals surface area contributed by atoms with Crippen LogP contribution in [0.1, 0.15) is 32.1 Å². The zero-order chi connectivity index (χ0) is 22.2. The molecule has 4 N–H and O–H groups in total. The number of anilines is 2. The Bertz CT molecular complexity index is 1420. The van der Waals surface area contributed by atoms with E-state index in [1.165, 1.54) is 19.3 Å². The number of benzene rings is 2. The molecule has 8 heteroatoms. The predicted octanol–water partition coefficient (Wildman–Crippen LogP) is 5.66. The van der Waals surface area contributed by atoms with Crippen LogP contribution in [0, 0.1) is 0 Å². The largest absolute Gasteiger partial charge is 0.508 e. The fourth-order valence-corrected chi connectivity index (χ4v) is 4.50. The van der Waals surface area contributed by atoms with Crippen molar-refractivity contribution in [2.24, 2.45) is 0 Å². The molecule has 0 atom stereocenters. The number of rotatable bonds is 5. The lowest BCUT2D eigenvalue weighted by Gasteiger charge is -2.23. The van der Waals surface area contributed by atoms with E-state index in [2.05, 4.69) is 20.5 Å². The van der Waals surface area contributed by atoms with Crippen molar-refractivity contribution < 1.29 is 9.84 Å². The second-order valence-electron chi connectivity index (χ2n) is 8.50. The highest BCUT2D eigenvalue weighted by Gasteiger charge is 2.21. The van der Waals surface area contributed by atoms with Gasteiger partial charge in [0.05, 0.1) is 17.1 Å². The summed E-state index contributed by atoms with van der Waals surface area (Å²) >= 11 is 0. The average molecular weight is 441 g/mol. The Hall–Kier alpha value is -4.07. The van der Waals surface area contributed by atoms with Crippen LogP contribution in [0.15, 0.2) is 54.9 Å². The Morgan fingerprint density at radius 3 is 2.70 bits per heavy atom. The van der Waals surface area contributed by atoms with Crippen molar-refractivity contribution >= 4 is 33.6 Å². The van der Waals surface area contributed by atoms with Crippen LogP contribution in [-0.4, -0.2) is 36.4 Å². The SMILES string of the molecule is Oc1ccc(-c2c[nH]c3nc(Nc4ccc5[nH]ncc5c4)nc(OC4CCCCC4)c23)cc1. The van der Waals surface area contributed by atoms with Crippen molar-refractivity contribution in [2.75, 3.05) is 5.32 Å². The number of aromatic hydroxyl groups is 1. The molecule has 0 aliphatic heterocycles. The molecule has 1 aliphatic rings. The summed E-state index contributed by atoms with van der Waals surface area (Å²) in [5.74, 6) is 1.27. The van der Waals surface area contributed by atoms with Crippen molar-refractivity contribution in [1.29, 1.82) is 0 Å². The molecule has 3 aromatic heterocycles. The van der Waals surface area contributed by atoms with Crippen LogP contribution in [0.5, 0.6) is 11.6 Å². The molecular formula is C25H24N6O2. The molecule has 0 radical (unpaired) electrons. The third-order valence-electron chi connectivity index (χ3n) is 6.20. The minimum Gasteiger partial charge on any atom is -0.508 e. The zero-order valence-electron chi connectivity index (χ0n) is 18.0. The molecule has 0 unspecified atom stereocenters. The molecule has 1 fully saturated rings. The third kappa shape index (κ3) is 3.84. The molecular weight excluding hydrogens is 416 g/mol. The van der Waals surface area contributed by atoms with Gasteiger partial charge < -0.3 is 20.1 Å². The number of ether oxygens (including phenoxy) is 1. The van der Waals surface area contributed by atoms with Gasteiger partial charge in [-0.1, -0.05) is 18.6 Å². The van der Waals surface area contributed by atoms with Gasteiger partial charge in [0.1, 0.15) is 17.5 Å². The smallest absolute Gasteiger partial charge is 0.232 e. The van der Waals surface area contributed by atoms with Gasteiger partial charge in [-0.05, 0) is 61.6 Å². The quantitative estimate of drug-likeness (QED) is 0.280. The fourth-order valence-electron chi connectivity index (χ4n) is 4.50. The first-order valence-corrected chi connectivity index (χ1v) is 11.3. The molecule has 5 aromatic rings. The first kappa shape index (κ1) is 19.6. The third-order valence-corrected chi connectivity index (χ3v) is 6.20. The first-order chi connectivity index (χ1) is 16.2. The van der Waals surface area contributed by atoms with E-state index in [0.29, 0.717) is 17.5 Å². The van der Waals surface area contributed by atoms with Gasteiger partial charge in [-0.2, -0.15) is 15.1 Å². The molecule has 3 heterocycles. The Labute approximate surface area is 190 Å². The number of hydrogen-bond donors (Lipinski definition) is 4. The van der Waals surface area contributed by atoms with E-state index >= 15 is 0 Å². The topological polar surface area (TPSA) is 112 Å². The van der Waals surface area contributed by atoms with E-state index < -0.39 is 0 Å². The number of hydrogen-bond acceptors (Lipinski definition) is 6. The van der Waals surface area contributed by atoms with E-state index in [1.807, 2.05) is 36.5 Å². The van der Waals surface area contributed by atoms with Crippen LogP contribution >= 0.6 is 0 Å². The lowest BCUT2D eigenvalue weighted by Crippen LogP contribution is -2.20. The van der Waals surface area contributed by atoms with Gasteiger partial charge in [0, 0.05) is 22.8 Å². The predicted molar refractivity (Wildman–Crippen MR) is 128 cm³/mol. The van der Waals surface area contributed by atoms with Gasteiger partial charge in [0.2, 0.25) is 11.8 Å². The van der Waals surface area contributed by atoms with E-state index in [4.69, 9.17) is 14.7 Å². The molecule has 1 aliphatic carbocycles. The van der Waals surface area contributed by atoms with Gasteiger partial charge in [0.25, 0.3) is 0 Å². The van der Waals surface area contributed by atoms with Gasteiger partial charge in [-0.25, -0.2) is 0 Å². The summed E-state index contributed by atoms with van der Waals surface area (Å²) in [6.45, 7) is 0. The standard InChI is InChI=1S/C25H24N6O2/c32-18-9-6-15(7-10-18)20-14-26-23-22(20)24(33-19-4-2-1-3-5-19)30-25(29-23)28-17-8-11-21-16(12-17)13-27-31-21/h6-14,19,32H,1-5H2,(H,27,31)(H2,26,28,29,30). The number of aromatic amines is 2. The monoisotopic (exact) mass is 440 g/mol. The Kier molecular flexibility index (Phi) is 4.83. The second-order valence-corrected chi connectivity index (χ2v) is 8.50. The van der Waals surface area contributed by atoms with Crippen LogP contribution in [0.2, 0.25) is 0 Å². The number of nitrogens with one attached hydrogen (secondary N) is 3. The van der Waals surface area contributed by atoms with Gasteiger partial charge in [-0.3, -0.25) is 5.10 Å². The molecule has 8 nitrogen and oxygen atoms in total. The highest BCUT2D eigenvalue weighted by molar-refractivity contribution is 5.98. The van der Waals surface area contributed by atoms with Gasteiger partial charge in [0.15, 0.2) is 0 Å². The van der Waals surface area contributed by atoms with Crippen molar-refractivity contribution in [3.63, 3.8) is 0 Å². The minimum atomic E-state index is 0.148. The van der Waals surface area contributed by atoms with Crippen molar-refractivity contribution in [1.82, 2.24) is 25.1 Å². The summed E-state index contributed by atoms with van der Waals surface area (Å²) in [4.78, 5) is 12.8. The number of phenols is 1. The normalized spacial score (nSPS) is 14.7. The maximum atomic E-state index is 9.70. The molecule has 166 valence electrons. The van der Waals surface area contributed by atoms with Gasteiger partial charge >= 0.3 is 0 Å². The highest BCUT2D eigenvalue weighted by atomic mass is 16.5.